The molecular formula is C17H25NOSi. The molecule has 0 spiro atoms. The minimum Gasteiger partial charge on any atom is -0.410 e. The summed E-state index contributed by atoms with van der Waals surface area (Å²) in [6, 6.07) is 12.3. The van der Waals surface area contributed by atoms with Gasteiger partial charge in [-0.3, -0.25) is 0 Å². The zero-order valence-electron chi connectivity index (χ0n) is 13.2. The van der Waals surface area contributed by atoms with E-state index in [0.717, 1.165) is 6.42 Å². The van der Waals surface area contributed by atoms with Gasteiger partial charge in [-0.1, -0.05) is 57.2 Å². The molecule has 1 atom stereocenters. The van der Waals surface area contributed by atoms with Crippen LogP contribution in [-0.4, -0.2) is 8.32 Å². The smallest absolute Gasteiger partial charge is 0.192 e. The van der Waals surface area contributed by atoms with Gasteiger partial charge in [-0.2, -0.15) is 5.26 Å². The summed E-state index contributed by atoms with van der Waals surface area (Å²) in [5.74, 6) is 0. The fraction of sp³-hybridized carbons (Fsp3) is 0.471. The van der Waals surface area contributed by atoms with Crippen LogP contribution in [0.25, 0.3) is 0 Å². The van der Waals surface area contributed by atoms with Crippen molar-refractivity contribution < 1.29 is 4.43 Å². The van der Waals surface area contributed by atoms with Crippen LogP contribution in [0.1, 0.15) is 38.9 Å². The van der Waals surface area contributed by atoms with E-state index < -0.39 is 8.32 Å². The zero-order chi connectivity index (χ0) is 15.2. The molecule has 0 heterocycles. The molecule has 0 aliphatic carbocycles. The summed E-state index contributed by atoms with van der Waals surface area (Å²) in [4.78, 5) is 0. The third-order valence-corrected chi connectivity index (χ3v) is 8.44. The van der Waals surface area contributed by atoms with Crippen LogP contribution in [-0.2, 0) is 4.43 Å². The molecule has 0 radical (unpaired) electrons. The highest BCUT2D eigenvalue weighted by Crippen LogP contribution is 2.40. The molecule has 1 aromatic carbocycles. The number of nitriles is 1. The van der Waals surface area contributed by atoms with Crippen LogP contribution in [0.2, 0.25) is 18.1 Å². The van der Waals surface area contributed by atoms with Crippen LogP contribution in [0.15, 0.2) is 42.5 Å². The van der Waals surface area contributed by atoms with Gasteiger partial charge in [0.15, 0.2) is 8.32 Å². The highest BCUT2D eigenvalue weighted by molar-refractivity contribution is 6.74. The fourth-order valence-corrected chi connectivity index (χ4v) is 2.99. The first-order valence-corrected chi connectivity index (χ1v) is 9.96. The molecule has 0 bridgehead atoms. The number of nitrogens with zero attached hydrogens (tertiary/aromatic N) is 1. The Hall–Kier alpha value is -1.37. The Morgan fingerprint density at radius 2 is 1.85 bits per heavy atom. The van der Waals surface area contributed by atoms with Crippen molar-refractivity contribution in [2.75, 3.05) is 0 Å². The summed E-state index contributed by atoms with van der Waals surface area (Å²) < 4.78 is 6.51. The molecule has 108 valence electrons. The molecule has 0 saturated heterocycles. The SMILES string of the molecule is CC(C)(C)[Si](C)(C)OC(C/C=C\C#N)c1ccccc1. The van der Waals surface area contributed by atoms with Crippen molar-refractivity contribution in [2.24, 2.45) is 0 Å². The first-order valence-electron chi connectivity index (χ1n) is 7.05. The maximum absolute atomic E-state index is 8.64. The second-order valence-corrected chi connectivity index (χ2v) is 11.3. The van der Waals surface area contributed by atoms with Gasteiger partial charge in [-0.25, -0.2) is 0 Å². The van der Waals surface area contributed by atoms with Crippen LogP contribution in [0.4, 0.5) is 0 Å². The number of hydrogen-bond acceptors (Lipinski definition) is 2. The number of rotatable bonds is 5. The summed E-state index contributed by atoms with van der Waals surface area (Å²) >= 11 is 0. The highest BCUT2D eigenvalue weighted by atomic mass is 28.4. The Morgan fingerprint density at radius 3 is 2.35 bits per heavy atom. The molecule has 1 rings (SSSR count). The Morgan fingerprint density at radius 1 is 1.25 bits per heavy atom. The molecule has 0 saturated carbocycles. The zero-order valence-corrected chi connectivity index (χ0v) is 14.2. The average Bonchev–Trinajstić information content (AvgIpc) is 2.37. The van der Waals surface area contributed by atoms with E-state index in [-0.39, 0.29) is 11.1 Å². The lowest BCUT2D eigenvalue weighted by Gasteiger charge is -2.39. The first-order chi connectivity index (χ1) is 9.28. The molecule has 1 aromatic rings. The Bertz CT molecular complexity index is 480. The summed E-state index contributed by atoms with van der Waals surface area (Å²) in [5.41, 5.74) is 1.18. The van der Waals surface area contributed by atoms with E-state index in [9.17, 15) is 0 Å². The van der Waals surface area contributed by atoms with Crippen molar-refractivity contribution in [1.82, 2.24) is 0 Å². The van der Waals surface area contributed by atoms with Crippen LogP contribution in [0.3, 0.4) is 0 Å². The Balaban J connectivity index is 2.95. The second-order valence-electron chi connectivity index (χ2n) is 6.54. The molecule has 20 heavy (non-hydrogen) atoms. The van der Waals surface area contributed by atoms with Crippen LogP contribution < -0.4 is 0 Å². The van der Waals surface area contributed by atoms with Gasteiger partial charge in [0.05, 0.1) is 12.2 Å². The van der Waals surface area contributed by atoms with Crippen LogP contribution in [0, 0.1) is 11.3 Å². The van der Waals surface area contributed by atoms with E-state index in [2.05, 4.69) is 46.0 Å². The fourth-order valence-electron chi connectivity index (χ4n) is 1.70. The topological polar surface area (TPSA) is 33.0 Å². The van der Waals surface area contributed by atoms with E-state index in [4.69, 9.17) is 9.69 Å². The summed E-state index contributed by atoms with van der Waals surface area (Å²) in [7, 11) is -1.83. The summed E-state index contributed by atoms with van der Waals surface area (Å²) in [5, 5.41) is 8.82. The van der Waals surface area contributed by atoms with Gasteiger partial charge < -0.3 is 4.43 Å². The first kappa shape index (κ1) is 16.7. The van der Waals surface area contributed by atoms with Gasteiger partial charge in [0.25, 0.3) is 0 Å². The van der Waals surface area contributed by atoms with E-state index in [1.807, 2.05) is 30.3 Å². The van der Waals surface area contributed by atoms with Gasteiger partial charge in [-0.05, 0) is 30.1 Å². The lowest BCUT2D eigenvalue weighted by molar-refractivity contribution is 0.186. The van der Waals surface area contributed by atoms with Crippen molar-refractivity contribution in [3.63, 3.8) is 0 Å². The molecule has 0 amide bonds. The number of hydrogen-bond donors (Lipinski definition) is 0. The molecule has 2 nitrogen and oxygen atoms in total. The van der Waals surface area contributed by atoms with E-state index in [1.54, 1.807) is 0 Å². The molecule has 0 N–H and O–H groups in total. The summed E-state index contributed by atoms with van der Waals surface area (Å²) in [6.07, 6.45) is 4.20. The highest BCUT2D eigenvalue weighted by Gasteiger charge is 2.39. The monoisotopic (exact) mass is 287 g/mol. The van der Waals surface area contributed by atoms with Gasteiger partial charge in [0.1, 0.15) is 0 Å². The minimum absolute atomic E-state index is 0.0293. The minimum atomic E-state index is -1.83. The van der Waals surface area contributed by atoms with Crippen molar-refractivity contribution >= 4 is 8.32 Å². The normalized spacial score (nSPS) is 14.2. The summed E-state index contributed by atoms with van der Waals surface area (Å²) in [6.45, 7) is 11.2. The lowest BCUT2D eigenvalue weighted by atomic mass is 10.1. The van der Waals surface area contributed by atoms with Crippen LogP contribution >= 0.6 is 0 Å². The maximum Gasteiger partial charge on any atom is 0.192 e. The molecule has 0 fully saturated rings. The number of benzene rings is 1. The predicted octanol–water partition coefficient (Wildman–Crippen LogP) is 5.22. The predicted molar refractivity (Wildman–Crippen MR) is 86.8 cm³/mol. The van der Waals surface area contributed by atoms with E-state index >= 15 is 0 Å². The maximum atomic E-state index is 8.64. The standard InChI is InChI=1S/C17H25NOSi/c1-17(2,3)20(4,5)19-16(13-9-10-14-18)15-11-7-6-8-12-15/h6-12,16H,13H2,1-5H3/b10-9-. The van der Waals surface area contributed by atoms with Gasteiger partial charge in [0, 0.05) is 6.08 Å². The largest absolute Gasteiger partial charge is 0.410 e. The van der Waals surface area contributed by atoms with Gasteiger partial charge in [-0.15, -0.1) is 0 Å². The van der Waals surface area contributed by atoms with Crippen molar-refractivity contribution in [3.05, 3.63) is 48.0 Å². The molecule has 0 aliphatic rings. The van der Waals surface area contributed by atoms with Crippen molar-refractivity contribution in [2.45, 2.75) is 51.4 Å². The van der Waals surface area contributed by atoms with E-state index in [0.29, 0.717) is 0 Å². The lowest BCUT2D eigenvalue weighted by Crippen LogP contribution is -2.41. The van der Waals surface area contributed by atoms with Crippen molar-refractivity contribution in [3.8, 4) is 6.07 Å². The third kappa shape index (κ3) is 4.63. The number of allylic oxidation sites excluding steroid dienone is 1. The molecule has 0 aliphatic heterocycles. The third-order valence-electron chi connectivity index (χ3n) is 3.96. The van der Waals surface area contributed by atoms with Crippen molar-refractivity contribution in [1.29, 1.82) is 5.26 Å². The molecular weight excluding hydrogens is 262 g/mol. The van der Waals surface area contributed by atoms with Gasteiger partial charge in [0.2, 0.25) is 0 Å². The molecule has 3 heteroatoms. The average molecular weight is 287 g/mol. The quantitative estimate of drug-likeness (QED) is 0.549. The molecule has 1 unspecified atom stereocenters. The molecule has 0 aromatic heterocycles. The van der Waals surface area contributed by atoms with Crippen LogP contribution in [0.5, 0.6) is 0 Å². The van der Waals surface area contributed by atoms with Gasteiger partial charge >= 0.3 is 0 Å². The Kier molecular flexibility index (Phi) is 5.73. The van der Waals surface area contributed by atoms with E-state index in [1.165, 1.54) is 11.6 Å². The Labute approximate surface area is 124 Å². The second kappa shape index (κ2) is 6.87.